The molecular formula is C25H24F6N4O4S2. The third kappa shape index (κ3) is 7.11. The summed E-state index contributed by atoms with van der Waals surface area (Å²) in [6.07, 6.45) is -0.454. The van der Waals surface area contributed by atoms with Gasteiger partial charge in [-0.1, -0.05) is 12.1 Å². The fourth-order valence-corrected chi connectivity index (χ4v) is 6.54. The number of aromatic nitrogens is 1. The van der Waals surface area contributed by atoms with Gasteiger partial charge in [0.25, 0.3) is 10.0 Å². The van der Waals surface area contributed by atoms with Crippen LogP contribution in [0.25, 0.3) is 0 Å². The molecule has 2 saturated heterocycles. The Morgan fingerprint density at radius 3 is 2.22 bits per heavy atom. The zero-order valence-corrected chi connectivity index (χ0v) is 22.7. The number of carbonyl (C=O) groups is 1. The fraction of sp³-hybridized carbons (Fsp3) is 0.360. The van der Waals surface area contributed by atoms with Crippen LogP contribution in [0.2, 0.25) is 0 Å². The number of alkyl halides is 3. The second kappa shape index (κ2) is 12.2. The van der Waals surface area contributed by atoms with Crippen LogP contribution >= 0.6 is 11.5 Å². The minimum Gasteiger partial charge on any atom is -0.475 e. The average molecular weight is 623 g/mol. The van der Waals surface area contributed by atoms with E-state index in [1.807, 2.05) is 6.07 Å². The molecule has 3 aromatic rings. The number of rotatable bonds is 8. The highest BCUT2D eigenvalue weighted by molar-refractivity contribution is 7.92. The number of halogens is 6. The average Bonchev–Trinajstić information content (AvgIpc) is 3.64. The van der Waals surface area contributed by atoms with E-state index in [0.717, 1.165) is 54.9 Å². The molecule has 8 nitrogen and oxygen atoms in total. The third-order valence-electron chi connectivity index (χ3n) is 6.88. The van der Waals surface area contributed by atoms with E-state index in [1.165, 1.54) is 12.1 Å². The molecule has 3 N–H and O–H groups in total. The van der Waals surface area contributed by atoms with E-state index in [4.69, 9.17) is 9.90 Å². The molecule has 2 aromatic carbocycles. The van der Waals surface area contributed by atoms with E-state index >= 15 is 0 Å². The molecule has 5 rings (SSSR count). The summed E-state index contributed by atoms with van der Waals surface area (Å²) < 4.78 is 107. The predicted octanol–water partition coefficient (Wildman–Crippen LogP) is 5.73. The summed E-state index contributed by atoms with van der Waals surface area (Å²) >= 11 is 1.02. The molecule has 0 amide bonds. The second-order valence-corrected chi connectivity index (χ2v) is 11.7. The number of benzene rings is 2. The monoisotopic (exact) mass is 622 g/mol. The quantitative estimate of drug-likeness (QED) is 0.275. The van der Waals surface area contributed by atoms with Gasteiger partial charge in [0.1, 0.15) is 10.7 Å². The lowest BCUT2D eigenvalue weighted by molar-refractivity contribution is -0.192. The molecular weight excluding hydrogens is 598 g/mol. The summed E-state index contributed by atoms with van der Waals surface area (Å²) in [7, 11) is -4.37. The number of carboxylic acid groups (broad SMARTS) is 1. The highest BCUT2D eigenvalue weighted by Crippen LogP contribution is 2.39. The van der Waals surface area contributed by atoms with Gasteiger partial charge in [-0.05, 0) is 67.0 Å². The van der Waals surface area contributed by atoms with Crippen LogP contribution in [0.15, 0.2) is 46.7 Å². The van der Waals surface area contributed by atoms with Gasteiger partial charge in [0.05, 0.1) is 5.69 Å². The SMILES string of the molecule is O=C(O)C(F)(F)F.O=S(=O)(Nc1ccsn1)c1ccc(NCc2c(F)cccc2CN2C3CCC2CC3)c(F)c1F. The molecule has 3 heterocycles. The summed E-state index contributed by atoms with van der Waals surface area (Å²) in [6, 6.07) is 9.41. The number of carboxylic acids is 1. The maximum Gasteiger partial charge on any atom is 0.490 e. The molecule has 0 aliphatic carbocycles. The topological polar surface area (TPSA) is 112 Å². The Balaban J connectivity index is 0.000000493. The molecule has 222 valence electrons. The molecule has 16 heteroatoms. The molecule has 1 aromatic heterocycles. The molecule has 2 aliphatic heterocycles. The van der Waals surface area contributed by atoms with Gasteiger partial charge in [0.15, 0.2) is 17.5 Å². The number of aliphatic carboxylic acids is 1. The Morgan fingerprint density at radius 1 is 1.02 bits per heavy atom. The first kappa shape index (κ1) is 30.6. The van der Waals surface area contributed by atoms with Crippen LogP contribution in [-0.2, 0) is 27.9 Å². The van der Waals surface area contributed by atoms with E-state index in [1.54, 1.807) is 11.4 Å². The van der Waals surface area contributed by atoms with Crippen LogP contribution in [0.4, 0.5) is 37.8 Å². The summed E-state index contributed by atoms with van der Waals surface area (Å²) in [5.41, 5.74) is 0.940. The first-order chi connectivity index (χ1) is 19.3. The zero-order chi connectivity index (χ0) is 29.9. The Labute approximate surface area is 235 Å². The number of hydrogen-bond donors (Lipinski definition) is 3. The zero-order valence-electron chi connectivity index (χ0n) is 21.1. The number of hydrogen-bond acceptors (Lipinski definition) is 7. The van der Waals surface area contributed by atoms with Crippen molar-refractivity contribution in [2.75, 3.05) is 10.0 Å². The van der Waals surface area contributed by atoms with Crippen molar-refractivity contribution in [3.8, 4) is 0 Å². The lowest BCUT2D eigenvalue weighted by Gasteiger charge is -2.23. The van der Waals surface area contributed by atoms with Crippen molar-refractivity contribution in [3.63, 3.8) is 0 Å². The molecule has 0 radical (unpaired) electrons. The highest BCUT2D eigenvalue weighted by Gasteiger charge is 2.39. The van der Waals surface area contributed by atoms with E-state index in [-0.39, 0.29) is 18.1 Å². The van der Waals surface area contributed by atoms with Gasteiger partial charge in [-0.3, -0.25) is 9.62 Å². The molecule has 41 heavy (non-hydrogen) atoms. The lowest BCUT2D eigenvalue weighted by Crippen LogP contribution is -2.28. The second-order valence-electron chi connectivity index (χ2n) is 9.40. The van der Waals surface area contributed by atoms with E-state index in [2.05, 4.69) is 19.3 Å². The van der Waals surface area contributed by atoms with Gasteiger partial charge in [-0.15, -0.1) is 0 Å². The molecule has 0 unspecified atom stereocenters. The van der Waals surface area contributed by atoms with Crippen LogP contribution in [-0.4, -0.2) is 47.0 Å². The number of fused-ring (bicyclic) bond motifs is 2. The molecule has 2 aliphatic rings. The van der Waals surface area contributed by atoms with Crippen molar-refractivity contribution in [2.24, 2.45) is 0 Å². The van der Waals surface area contributed by atoms with Crippen molar-refractivity contribution >= 4 is 39.0 Å². The molecule has 0 saturated carbocycles. The normalized spacial score (nSPS) is 18.6. The van der Waals surface area contributed by atoms with E-state index < -0.39 is 44.5 Å². The summed E-state index contributed by atoms with van der Waals surface area (Å²) in [6.45, 7) is 0.547. The number of anilines is 2. The minimum absolute atomic E-state index is 0.0190. The van der Waals surface area contributed by atoms with Crippen molar-refractivity contribution in [3.05, 3.63) is 70.4 Å². The Hall–Kier alpha value is -3.37. The van der Waals surface area contributed by atoms with Crippen molar-refractivity contribution < 1.29 is 44.7 Å². The fourth-order valence-electron chi connectivity index (χ4n) is 4.94. The Morgan fingerprint density at radius 2 is 1.66 bits per heavy atom. The van der Waals surface area contributed by atoms with Crippen LogP contribution in [0, 0.1) is 17.5 Å². The Bertz CT molecular complexity index is 1480. The van der Waals surface area contributed by atoms with Crippen LogP contribution in [0.1, 0.15) is 36.8 Å². The van der Waals surface area contributed by atoms with Crippen LogP contribution < -0.4 is 10.0 Å². The van der Waals surface area contributed by atoms with E-state index in [0.29, 0.717) is 24.2 Å². The van der Waals surface area contributed by atoms with E-state index in [9.17, 15) is 34.8 Å². The minimum atomic E-state index is -5.08. The standard InChI is InChI=1S/C23H23F3N4O2S2.C2HF3O2/c24-18-3-1-2-14(13-30-15-4-5-16(30)7-6-15)17(18)12-27-19-8-9-20(23(26)22(19)25)34(31,32)29-21-10-11-33-28-21;3-2(4,5)1(6)7/h1-3,8-11,15-16,27H,4-7,12-13H2,(H,28,29);(H,6,7). The molecule has 2 bridgehead atoms. The van der Waals surface area contributed by atoms with Crippen molar-refractivity contribution in [1.29, 1.82) is 0 Å². The first-order valence-electron chi connectivity index (χ1n) is 12.2. The maximum atomic E-state index is 14.8. The maximum absolute atomic E-state index is 14.8. The largest absolute Gasteiger partial charge is 0.490 e. The molecule has 0 atom stereocenters. The van der Waals surface area contributed by atoms with Crippen molar-refractivity contribution in [2.45, 2.75) is 61.9 Å². The summed E-state index contributed by atoms with van der Waals surface area (Å²) in [5.74, 6) is -6.03. The Kier molecular flexibility index (Phi) is 9.13. The van der Waals surface area contributed by atoms with Gasteiger partial charge in [-0.2, -0.15) is 17.5 Å². The van der Waals surface area contributed by atoms with Gasteiger partial charge in [0, 0.05) is 36.1 Å². The van der Waals surface area contributed by atoms with Crippen LogP contribution in [0.5, 0.6) is 0 Å². The molecule has 2 fully saturated rings. The number of sulfonamides is 1. The predicted molar refractivity (Wildman–Crippen MR) is 138 cm³/mol. The lowest BCUT2D eigenvalue weighted by atomic mass is 10.0. The smallest absolute Gasteiger partial charge is 0.475 e. The van der Waals surface area contributed by atoms with Gasteiger partial charge >= 0.3 is 12.1 Å². The molecule has 0 spiro atoms. The van der Waals surface area contributed by atoms with Crippen LogP contribution in [0.3, 0.4) is 0 Å². The summed E-state index contributed by atoms with van der Waals surface area (Å²) in [4.78, 5) is 10.5. The summed E-state index contributed by atoms with van der Waals surface area (Å²) in [5, 5.41) is 11.4. The highest BCUT2D eigenvalue weighted by atomic mass is 32.2. The van der Waals surface area contributed by atoms with Gasteiger partial charge in [-0.25, -0.2) is 26.4 Å². The first-order valence-corrected chi connectivity index (χ1v) is 14.6. The number of nitrogens with zero attached hydrogens (tertiary/aromatic N) is 2. The van der Waals surface area contributed by atoms with Gasteiger partial charge < -0.3 is 10.4 Å². The third-order valence-corrected chi connectivity index (χ3v) is 8.82. The van der Waals surface area contributed by atoms with Crippen molar-refractivity contribution in [1.82, 2.24) is 9.27 Å². The van der Waals surface area contributed by atoms with Gasteiger partial charge in [0.2, 0.25) is 0 Å². The number of nitrogens with one attached hydrogen (secondary N) is 2.